The van der Waals surface area contributed by atoms with Crippen molar-refractivity contribution in [1.82, 2.24) is 0 Å². The molecule has 0 atom stereocenters. The molecule has 0 saturated heterocycles. The van der Waals surface area contributed by atoms with Gasteiger partial charge in [-0.1, -0.05) is 69.5 Å². The Balaban J connectivity index is 1.61. The fraction of sp³-hybridized carbons (Fsp3) is 0.500. The summed E-state index contributed by atoms with van der Waals surface area (Å²) in [5, 5.41) is 0. The molecule has 0 bridgehead atoms. The highest BCUT2D eigenvalue weighted by atomic mass is 19.2. The number of hydrogen-bond donors (Lipinski definition) is 0. The SMILES string of the molecule is CCCCCc1ccc(C2CCC(C=Cc3ccc(CCC)c(F)c3F)CC2)c(F)c1F. The predicted molar refractivity (Wildman–Crippen MR) is 124 cm³/mol. The molecule has 0 amide bonds. The van der Waals surface area contributed by atoms with E-state index in [-0.39, 0.29) is 17.4 Å². The summed E-state index contributed by atoms with van der Waals surface area (Å²) < 4.78 is 57.7. The van der Waals surface area contributed by atoms with E-state index in [1.165, 1.54) is 0 Å². The van der Waals surface area contributed by atoms with Crippen LogP contribution in [0.5, 0.6) is 0 Å². The number of benzene rings is 2. The zero-order valence-electron chi connectivity index (χ0n) is 19.2. The molecule has 3 rings (SSSR count). The fourth-order valence-corrected chi connectivity index (χ4v) is 4.74. The Kier molecular flexibility index (Phi) is 8.95. The molecule has 2 aromatic rings. The van der Waals surface area contributed by atoms with Crippen molar-refractivity contribution >= 4 is 6.08 Å². The molecule has 0 aromatic heterocycles. The van der Waals surface area contributed by atoms with Gasteiger partial charge in [-0.25, -0.2) is 17.6 Å². The number of halogens is 4. The van der Waals surface area contributed by atoms with Crippen LogP contribution in [0.15, 0.2) is 30.3 Å². The summed E-state index contributed by atoms with van der Waals surface area (Å²) >= 11 is 0. The van der Waals surface area contributed by atoms with Crippen molar-refractivity contribution in [1.29, 1.82) is 0 Å². The molecular formula is C28H34F4. The summed E-state index contributed by atoms with van der Waals surface area (Å²) in [7, 11) is 0. The molecule has 2 aromatic carbocycles. The second-order valence-corrected chi connectivity index (χ2v) is 9.06. The number of hydrogen-bond acceptors (Lipinski definition) is 0. The van der Waals surface area contributed by atoms with Crippen LogP contribution < -0.4 is 0 Å². The van der Waals surface area contributed by atoms with Gasteiger partial charge in [0.25, 0.3) is 0 Å². The Morgan fingerprint density at radius 1 is 0.719 bits per heavy atom. The molecule has 1 aliphatic carbocycles. The lowest BCUT2D eigenvalue weighted by atomic mass is 9.78. The van der Waals surface area contributed by atoms with Crippen molar-refractivity contribution in [2.45, 2.75) is 84.0 Å². The zero-order chi connectivity index (χ0) is 23.1. The first-order chi connectivity index (χ1) is 15.5. The number of allylic oxidation sites excluding steroid dienone is 1. The van der Waals surface area contributed by atoms with E-state index in [9.17, 15) is 17.6 Å². The van der Waals surface area contributed by atoms with E-state index in [4.69, 9.17) is 0 Å². The van der Waals surface area contributed by atoms with Gasteiger partial charge in [0.2, 0.25) is 0 Å². The largest absolute Gasteiger partial charge is 0.203 e. The minimum atomic E-state index is -0.794. The summed E-state index contributed by atoms with van der Waals surface area (Å²) in [6.45, 7) is 4.02. The lowest BCUT2D eigenvalue weighted by Gasteiger charge is -2.27. The first-order valence-corrected chi connectivity index (χ1v) is 12.1. The molecule has 0 aliphatic heterocycles. The Morgan fingerprint density at radius 2 is 1.38 bits per heavy atom. The van der Waals surface area contributed by atoms with Crippen LogP contribution in [0, 0.1) is 29.2 Å². The van der Waals surface area contributed by atoms with Crippen LogP contribution in [0.1, 0.15) is 93.4 Å². The maximum atomic E-state index is 14.7. The molecule has 0 N–H and O–H groups in total. The van der Waals surface area contributed by atoms with Crippen LogP contribution in [-0.2, 0) is 12.8 Å². The summed E-state index contributed by atoms with van der Waals surface area (Å²) in [5.74, 6) is -2.70. The van der Waals surface area contributed by atoms with Crippen molar-refractivity contribution in [2.75, 3.05) is 0 Å². The molecule has 0 radical (unpaired) electrons. The number of aryl methyl sites for hydroxylation is 2. The number of rotatable bonds is 9. The molecule has 0 spiro atoms. The van der Waals surface area contributed by atoms with Gasteiger partial charge in [0.05, 0.1) is 0 Å². The van der Waals surface area contributed by atoms with Crippen LogP contribution >= 0.6 is 0 Å². The van der Waals surface area contributed by atoms with Crippen LogP contribution in [0.25, 0.3) is 6.08 Å². The van der Waals surface area contributed by atoms with E-state index in [1.807, 2.05) is 13.0 Å². The van der Waals surface area contributed by atoms with Gasteiger partial charge in [-0.2, -0.15) is 0 Å². The molecule has 4 heteroatoms. The third-order valence-electron chi connectivity index (χ3n) is 6.71. The topological polar surface area (TPSA) is 0 Å². The highest BCUT2D eigenvalue weighted by Crippen LogP contribution is 2.38. The van der Waals surface area contributed by atoms with Crippen LogP contribution in [0.3, 0.4) is 0 Å². The van der Waals surface area contributed by atoms with Gasteiger partial charge in [-0.3, -0.25) is 0 Å². The Bertz CT molecular complexity index is 924. The van der Waals surface area contributed by atoms with Crippen molar-refractivity contribution in [3.63, 3.8) is 0 Å². The standard InChI is InChI=1S/C28H34F4/c1-3-5-6-8-22-17-18-24(28(32)27(22)31)20-12-9-19(10-13-20)11-14-23-16-15-21(7-4-2)25(29)26(23)30/h11,14-20H,3-10,12-13H2,1-2H3. The first-order valence-electron chi connectivity index (χ1n) is 12.1. The maximum Gasteiger partial charge on any atom is 0.166 e. The van der Waals surface area contributed by atoms with E-state index in [0.29, 0.717) is 29.5 Å². The molecule has 0 unspecified atom stereocenters. The van der Waals surface area contributed by atoms with Crippen LogP contribution in [0.4, 0.5) is 17.6 Å². The average Bonchev–Trinajstić information content (AvgIpc) is 2.80. The maximum absolute atomic E-state index is 14.7. The van der Waals surface area contributed by atoms with Crippen molar-refractivity contribution in [3.8, 4) is 0 Å². The predicted octanol–water partition coefficient (Wildman–Crippen LogP) is 8.92. The van der Waals surface area contributed by atoms with Crippen LogP contribution in [-0.4, -0.2) is 0 Å². The molecule has 174 valence electrons. The van der Waals surface area contributed by atoms with Crippen LogP contribution in [0.2, 0.25) is 0 Å². The quantitative estimate of drug-likeness (QED) is 0.266. The monoisotopic (exact) mass is 446 g/mol. The van der Waals surface area contributed by atoms with Crippen molar-refractivity contribution in [2.24, 2.45) is 5.92 Å². The summed E-state index contributed by atoms with van der Waals surface area (Å²) in [6, 6.07) is 6.79. The summed E-state index contributed by atoms with van der Waals surface area (Å²) in [6.07, 6.45) is 11.5. The van der Waals surface area contributed by atoms with Gasteiger partial charge in [-0.15, -0.1) is 0 Å². The molecule has 0 nitrogen and oxygen atoms in total. The second-order valence-electron chi connectivity index (χ2n) is 9.06. The van der Waals surface area contributed by atoms with Crippen molar-refractivity contribution < 1.29 is 17.6 Å². The number of unbranched alkanes of at least 4 members (excludes halogenated alkanes) is 2. The van der Waals surface area contributed by atoms with Gasteiger partial charge >= 0.3 is 0 Å². The molecular weight excluding hydrogens is 412 g/mol. The first kappa shape index (κ1) is 24.5. The van der Waals surface area contributed by atoms with E-state index < -0.39 is 23.3 Å². The lowest BCUT2D eigenvalue weighted by Crippen LogP contribution is -2.14. The van der Waals surface area contributed by atoms with E-state index in [1.54, 1.807) is 30.3 Å². The lowest BCUT2D eigenvalue weighted by molar-refractivity contribution is 0.364. The van der Waals surface area contributed by atoms with Gasteiger partial charge in [0, 0.05) is 5.56 Å². The van der Waals surface area contributed by atoms with Gasteiger partial charge < -0.3 is 0 Å². The zero-order valence-corrected chi connectivity index (χ0v) is 19.2. The minimum absolute atomic E-state index is 0.00125. The normalized spacial score (nSPS) is 19.1. The molecule has 32 heavy (non-hydrogen) atoms. The molecule has 1 fully saturated rings. The second kappa shape index (κ2) is 11.7. The highest BCUT2D eigenvalue weighted by Gasteiger charge is 2.25. The minimum Gasteiger partial charge on any atom is -0.203 e. The van der Waals surface area contributed by atoms with Gasteiger partial charge in [0.15, 0.2) is 23.3 Å². The van der Waals surface area contributed by atoms with Crippen molar-refractivity contribution in [3.05, 3.63) is 75.9 Å². The average molecular weight is 447 g/mol. The molecule has 1 aliphatic rings. The van der Waals surface area contributed by atoms with E-state index >= 15 is 0 Å². The Labute approximate surface area is 189 Å². The Morgan fingerprint density at radius 3 is 2.06 bits per heavy atom. The summed E-state index contributed by atoms with van der Waals surface area (Å²) in [4.78, 5) is 0. The third-order valence-corrected chi connectivity index (χ3v) is 6.71. The smallest absolute Gasteiger partial charge is 0.166 e. The fourth-order valence-electron chi connectivity index (χ4n) is 4.74. The summed E-state index contributed by atoms with van der Waals surface area (Å²) in [5.41, 5.74) is 1.61. The highest BCUT2D eigenvalue weighted by molar-refractivity contribution is 5.51. The van der Waals surface area contributed by atoms with Gasteiger partial charge in [0.1, 0.15) is 0 Å². The molecule has 1 saturated carbocycles. The third kappa shape index (κ3) is 5.82. The van der Waals surface area contributed by atoms with E-state index in [0.717, 1.165) is 51.4 Å². The van der Waals surface area contributed by atoms with E-state index in [2.05, 4.69) is 6.92 Å². The molecule has 0 heterocycles. The van der Waals surface area contributed by atoms with Gasteiger partial charge in [-0.05, 0) is 73.5 Å². The Hall–Kier alpha value is -2.10.